The Balaban J connectivity index is 2.40. The molecule has 1 aliphatic rings. The van der Waals surface area contributed by atoms with Crippen molar-refractivity contribution in [2.45, 2.75) is 64.7 Å². The molecule has 0 aliphatic carbocycles. The summed E-state index contributed by atoms with van der Waals surface area (Å²) < 4.78 is 29.4. The van der Waals surface area contributed by atoms with E-state index in [9.17, 15) is 0 Å². The van der Waals surface area contributed by atoms with Gasteiger partial charge in [-0.3, -0.25) is 0 Å². The highest BCUT2D eigenvalue weighted by molar-refractivity contribution is 8.00. The average Bonchev–Trinajstić information content (AvgIpc) is 3.00. The molecule has 0 radical (unpaired) electrons. The summed E-state index contributed by atoms with van der Waals surface area (Å²) in [5.41, 5.74) is 0.289. The molecular weight excluding hydrogens is 320 g/mol. The van der Waals surface area contributed by atoms with Crippen LogP contribution in [0.2, 0.25) is 6.04 Å². The summed E-state index contributed by atoms with van der Waals surface area (Å²) in [5, 5.41) is 0. The van der Waals surface area contributed by atoms with E-state index in [1.54, 1.807) is 0 Å². The summed E-state index contributed by atoms with van der Waals surface area (Å²) in [5.74, 6) is 1.19. The Morgan fingerprint density at radius 2 is 1.68 bits per heavy atom. The standard InChI is InChI=1S/C15H32O5SSi/c1-5-14(20-15-10-9-12-21-15)16-11-13-22(17-6-2,18-7-3)19-8-4/h14-15H,5-13H2,1-4H3/t14-,15-/m0/s1. The van der Waals surface area contributed by atoms with Crippen molar-refractivity contribution >= 4 is 20.6 Å². The van der Waals surface area contributed by atoms with E-state index >= 15 is 0 Å². The fourth-order valence-corrected chi connectivity index (χ4v) is 5.90. The van der Waals surface area contributed by atoms with E-state index < -0.39 is 8.80 Å². The van der Waals surface area contributed by atoms with Gasteiger partial charge in [-0.15, -0.1) is 11.8 Å². The summed E-state index contributed by atoms with van der Waals surface area (Å²) >= 11 is 1.88. The minimum Gasteiger partial charge on any atom is -0.374 e. The highest BCUT2D eigenvalue weighted by atomic mass is 32.2. The Kier molecular flexibility index (Phi) is 11.0. The zero-order chi connectivity index (χ0) is 16.3. The molecule has 0 aromatic heterocycles. The highest BCUT2D eigenvalue weighted by Crippen LogP contribution is 2.29. The number of thioether (sulfide) groups is 1. The SMILES string of the molecule is CCO[Si](CCO[C@H](CC)O[C@@H]1CCCS1)(OCC)OCC. The van der Waals surface area contributed by atoms with Crippen molar-refractivity contribution in [2.24, 2.45) is 0 Å². The Bertz CT molecular complexity index is 260. The minimum atomic E-state index is -2.61. The van der Waals surface area contributed by atoms with Crippen LogP contribution in [-0.4, -0.2) is 52.7 Å². The smallest absolute Gasteiger partial charge is 0.374 e. The summed E-state index contributed by atoms with van der Waals surface area (Å²) in [4.78, 5) is 0. The molecule has 0 aromatic rings. The van der Waals surface area contributed by atoms with Crippen molar-refractivity contribution in [1.82, 2.24) is 0 Å². The third-order valence-electron chi connectivity index (χ3n) is 3.33. The number of hydrogen-bond acceptors (Lipinski definition) is 6. The first-order valence-corrected chi connectivity index (χ1v) is 11.5. The molecule has 1 fully saturated rings. The van der Waals surface area contributed by atoms with Gasteiger partial charge in [-0.25, -0.2) is 0 Å². The van der Waals surface area contributed by atoms with Crippen molar-refractivity contribution in [2.75, 3.05) is 32.2 Å². The molecule has 5 nitrogen and oxygen atoms in total. The van der Waals surface area contributed by atoms with Crippen LogP contribution in [0.5, 0.6) is 0 Å². The predicted molar refractivity (Wildman–Crippen MR) is 92.0 cm³/mol. The van der Waals surface area contributed by atoms with Gasteiger partial charge in [0.1, 0.15) is 5.44 Å². The van der Waals surface area contributed by atoms with Gasteiger partial charge in [0.15, 0.2) is 6.29 Å². The van der Waals surface area contributed by atoms with E-state index in [4.69, 9.17) is 22.8 Å². The van der Waals surface area contributed by atoms with Gasteiger partial charge in [0.2, 0.25) is 0 Å². The average molecular weight is 353 g/mol. The third-order valence-corrected chi connectivity index (χ3v) is 7.57. The zero-order valence-electron chi connectivity index (χ0n) is 14.5. The van der Waals surface area contributed by atoms with Crippen LogP contribution in [0, 0.1) is 0 Å². The molecule has 0 aromatic carbocycles. The molecule has 22 heavy (non-hydrogen) atoms. The zero-order valence-corrected chi connectivity index (χ0v) is 16.3. The fourth-order valence-electron chi connectivity index (χ4n) is 2.39. The molecule has 1 heterocycles. The van der Waals surface area contributed by atoms with E-state index in [1.165, 1.54) is 12.2 Å². The topological polar surface area (TPSA) is 46.2 Å². The Labute approximate surface area is 140 Å². The molecule has 0 saturated carbocycles. The molecule has 7 heteroatoms. The molecule has 0 bridgehead atoms. The molecule has 0 amide bonds. The van der Waals surface area contributed by atoms with Crippen LogP contribution in [0.3, 0.4) is 0 Å². The normalized spacial score (nSPS) is 20.5. The minimum absolute atomic E-state index is 0.146. The lowest BCUT2D eigenvalue weighted by molar-refractivity contribution is -0.150. The monoisotopic (exact) mass is 352 g/mol. The summed E-state index contributed by atoms with van der Waals surface area (Å²) in [7, 11) is -2.61. The lowest BCUT2D eigenvalue weighted by Gasteiger charge is -2.29. The molecule has 0 spiro atoms. The number of rotatable bonds is 13. The maximum Gasteiger partial charge on any atom is 0.503 e. The lowest BCUT2D eigenvalue weighted by Crippen LogP contribution is -2.47. The highest BCUT2D eigenvalue weighted by Gasteiger charge is 2.40. The van der Waals surface area contributed by atoms with Gasteiger partial charge in [-0.2, -0.15) is 0 Å². The fraction of sp³-hybridized carbons (Fsp3) is 1.00. The van der Waals surface area contributed by atoms with E-state index in [1.807, 2.05) is 32.5 Å². The molecular formula is C15H32O5SSi. The quantitative estimate of drug-likeness (QED) is 0.372. The van der Waals surface area contributed by atoms with Crippen LogP contribution >= 0.6 is 11.8 Å². The maximum absolute atomic E-state index is 5.99. The van der Waals surface area contributed by atoms with Crippen molar-refractivity contribution in [3.05, 3.63) is 0 Å². The molecule has 2 atom stereocenters. The van der Waals surface area contributed by atoms with Gasteiger partial charge in [-0.05, 0) is 45.8 Å². The van der Waals surface area contributed by atoms with Crippen molar-refractivity contribution < 1.29 is 22.8 Å². The summed E-state index contributed by atoms with van der Waals surface area (Å²) in [6.45, 7) is 10.3. The molecule has 132 valence electrons. The van der Waals surface area contributed by atoms with Crippen LogP contribution in [0.15, 0.2) is 0 Å². The van der Waals surface area contributed by atoms with Gasteiger partial charge in [0.05, 0.1) is 6.61 Å². The van der Waals surface area contributed by atoms with Crippen molar-refractivity contribution in [1.29, 1.82) is 0 Å². The Morgan fingerprint density at radius 3 is 2.14 bits per heavy atom. The van der Waals surface area contributed by atoms with E-state index in [0.29, 0.717) is 32.5 Å². The molecule has 1 aliphatic heterocycles. The summed E-state index contributed by atoms with van der Waals surface area (Å²) in [6, 6.07) is 0.667. The lowest BCUT2D eigenvalue weighted by atomic mass is 10.3. The van der Waals surface area contributed by atoms with Crippen molar-refractivity contribution in [3.8, 4) is 0 Å². The van der Waals surface area contributed by atoms with Crippen molar-refractivity contribution in [3.63, 3.8) is 0 Å². The third kappa shape index (κ3) is 7.29. The number of ether oxygens (including phenoxy) is 2. The Hall–Kier alpha value is 0.367. The molecule has 1 saturated heterocycles. The first-order chi connectivity index (χ1) is 10.7. The van der Waals surface area contributed by atoms with Gasteiger partial charge >= 0.3 is 8.80 Å². The maximum atomic E-state index is 5.99. The van der Waals surface area contributed by atoms with Gasteiger partial charge in [0, 0.05) is 25.9 Å². The van der Waals surface area contributed by atoms with Crippen LogP contribution in [0.4, 0.5) is 0 Å². The first-order valence-electron chi connectivity index (χ1n) is 8.50. The first kappa shape index (κ1) is 20.4. The van der Waals surface area contributed by atoms with Crippen LogP contribution < -0.4 is 0 Å². The van der Waals surface area contributed by atoms with Crippen LogP contribution in [0.25, 0.3) is 0 Å². The predicted octanol–water partition coefficient (Wildman–Crippen LogP) is 3.66. The van der Waals surface area contributed by atoms with Gasteiger partial charge < -0.3 is 22.8 Å². The second kappa shape index (κ2) is 11.8. The number of hydrogen-bond donors (Lipinski definition) is 0. The molecule has 0 unspecified atom stereocenters. The second-order valence-corrected chi connectivity index (χ2v) is 9.02. The summed E-state index contributed by atoms with van der Waals surface area (Å²) in [6.07, 6.45) is 3.07. The van der Waals surface area contributed by atoms with Crippen LogP contribution in [0.1, 0.15) is 47.0 Å². The molecule has 1 rings (SSSR count). The van der Waals surface area contributed by atoms with Gasteiger partial charge in [0.25, 0.3) is 0 Å². The van der Waals surface area contributed by atoms with E-state index in [2.05, 4.69) is 6.92 Å². The Morgan fingerprint density at radius 1 is 1.05 bits per heavy atom. The molecule has 0 N–H and O–H groups in total. The largest absolute Gasteiger partial charge is 0.503 e. The van der Waals surface area contributed by atoms with E-state index in [-0.39, 0.29) is 11.7 Å². The van der Waals surface area contributed by atoms with E-state index in [0.717, 1.165) is 12.8 Å². The second-order valence-electron chi connectivity index (χ2n) is 5.02. The van der Waals surface area contributed by atoms with Gasteiger partial charge in [-0.1, -0.05) is 6.92 Å². The van der Waals surface area contributed by atoms with Crippen LogP contribution in [-0.2, 0) is 22.8 Å².